The second-order valence-electron chi connectivity index (χ2n) is 8.17. The SMILES string of the molecule is CC(=O)SCC(=O)c1ccc(NS(=O)(=O)c2ccc(OCCCN(C)C)cc2)nc1.O=C(O)C[C@H](O)C(=O)O. The second-order valence-corrected chi connectivity index (χ2v) is 11.0. The van der Waals surface area contributed by atoms with Crippen molar-refractivity contribution in [3.63, 3.8) is 0 Å². The smallest absolute Gasteiger partial charge is 0.333 e. The summed E-state index contributed by atoms with van der Waals surface area (Å²) in [5.41, 5.74) is 0.308. The standard InChI is InChI=1S/C20H25N3O5S2.C4H6O5/c1-15(24)29-14-19(25)16-5-10-20(21-13-16)22-30(26,27)18-8-6-17(7-9-18)28-12-4-11-23(2)3;5-2(4(8)9)1-3(6)7/h5-10,13H,4,11-12,14H2,1-3H3,(H,21,22);2,5H,1H2,(H,6,7)(H,8,9)/t;2-/m.0/s1. The number of sulfonamides is 1. The number of aromatic nitrogens is 1. The molecule has 1 atom stereocenters. The number of aliphatic hydroxyl groups excluding tert-OH is 1. The Labute approximate surface area is 230 Å². The van der Waals surface area contributed by atoms with Crippen molar-refractivity contribution in [2.45, 2.75) is 30.8 Å². The molecule has 0 aliphatic rings. The van der Waals surface area contributed by atoms with Crippen LogP contribution in [-0.2, 0) is 24.4 Å². The number of nitrogens with one attached hydrogen (secondary N) is 1. The van der Waals surface area contributed by atoms with Gasteiger partial charge in [0.25, 0.3) is 10.0 Å². The summed E-state index contributed by atoms with van der Waals surface area (Å²) < 4.78 is 33.1. The van der Waals surface area contributed by atoms with Gasteiger partial charge in [-0.2, -0.15) is 0 Å². The molecule has 0 aliphatic carbocycles. The van der Waals surface area contributed by atoms with Crippen molar-refractivity contribution in [1.29, 1.82) is 0 Å². The van der Waals surface area contributed by atoms with Crippen LogP contribution < -0.4 is 9.46 Å². The number of carboxylic acid groups (broad SMARTS) is 2. The average Bonchev–Trinajstić information content (AvgIpc) is 2.85. The predicted molar refractivity (Wildman–Crippen MR) is 144 cm³/mol. The average molecular weight is 586 g/mol. The third-order valence-electron chi connectivity index (χ3n) is 4.54. The minimum Gasteiger partial charge on any atom is -0.494 e. The highest BCUT2D eigenvalue weighted by Crippen LogP contribution is 2.19. The van der Waals surface area contributed by atoms with E-state index in [0.29, 0.717) is 17.9 Å². The molecule has 0 fully saturated rings. The zero-order chi connectivity index (χ0) is 29.6. The first-order valence-corrected chi connectivity index (χ1v) is 13.8. The summed E-state index contributed by atoms with van der Waals surface area (Å²) in [6.07, 6.45) is -0.393. The maximum Gasteiger partial charge on any atom is 0.333 e. The zero-order valence-electron chi connectivity index (χ0n) is 21.6. The number of carbonyl (C=O) groups is 4. The van der Waals surface area contributed by atoms with Crippen LogP contribution in [0.1, 0.15) is 30.1 Å². The van der Waals surface area contributed by atoms with Crippen LogP contribution in [0, 0.1) is 0 Å². The topological polar surface area (TPSA) is 200 Å². The molecule has 0 amide bonds. The molecule has 1 heterocycles. The van der Waals surface area contributed by atoms with Crippen molar-refractivity contribution in [2.75, 3.05) is 37.7 Å². The summed E-state index contributed by atoms with van der Waals surface area (Å²) in [5.74, 6) is -2.39. The highest BCUT2D eigenvalue weighted by atomic mass is 32.2. The van der Waals surface area contributed by atoms with Crippen LogP contribution in [0.15, 0.2) is 47.5 Å². The second kappa shape index (κ2) is 16.4. The quantitative estimate of drug-likeness (QED) is 0.184. The van der Waals surface area contributed by atoms with E-state index in [1.807, 2.05) is 14.1 Å². The van der Waals surface area contributed by atoms with Gasteiger partial charge >= 0.3 is 11.9 Å². The van der Waals surface area contributed by atoms with Gasteiger partial charge < -0.3 is 25.0 Å². The van der Waals surface area contributed by atoms with Crippen LogP contribution in [0.5, 0.6) is 5.75 Å². The molecule has 0 aliphatic heterocycles. The molecule has 2 rings (SSSR count). The fourth-order valence-corrected chi connectivity index (χ4v) is 4.11. The van der Waals surface area contributed by atoms with Gasteiger partial charge in [0.15, 0.2) is 17.0 Å². The number of thioether (sulfide) groups is 1. The van der Waals surface area contributed by atoms with E-state index in [2.05, 4.69) is 14.6 Å². The first-order valence-electron chi connectivity index (χ1n) is 11.4. The summed E-state index contributed by atoms with van der Waals surface area (Å²) >= 11 is 0.914. The van der Waals surface area contributed by atoms with Crippen molar-refractivity contribution in [2.24, 2.45) is 0 Å². The number of hydrogen-bond donors (Lipinski definition) is 4. The monoisotopic (exact) mass is 585 g/mol. The largest absolute Gasteiger partial charge is 0.494 e. The van der Waals surface area contributed by atoms with Crippen LogP contribution in [0.2, 0.25) is 0 Å². The highest BCUT2D eigenvalue weighted by Gasteiger charge is 2.17. The number of nitrogens with zero attached hydrogens (tertiary/aromatic N) is 2. The van der Waals surface area contributed by atoms with Crippen LogP contribution >= 0.6 is 11.8 Å². The zero-order valence-corrected chi connectivity index (χ0v) is 23.2. The van der Waals surface area contributed by atoms with E-state index in [9.17, 15) is 27.6 Å². The molecule has 0 bridgehead atoms. The fourth-order valence-electron chi connectivity index (χ4n) is 2.60. The molecule has 0 saturated carbocycles. The number of anilines is 1. The molecule has 39 heavy (non-hydrogen) atoms. The van der Waals surface area contributed by atoms with Crippen molar-refractivity contribution >= 4 is 50.4 Å². The number of benzene rings is 1. The van der Waals surface area contributed by atoms with Gasteiger partial charge in [0, 0.05) is 25.2 Å². The number of hydrogen-bond acceptors (Lipinski definition) is 11. The third kappa shape index (κ3) is 13.7. The Morgan fingerprint density at radius 3 is 2.18 bits per heavy atom. The normalized spacial score (nSPS) is 11.6. The molecule has 1 aromatic carbocycles. The molecular weight excluding hydrogens is 554 g/mol. The molecule has 1 aromatic heterocycles. The number of Topliss-reactive ketones (excluding diaryl/α,β-unsaturated/α-hetero) is 1. The third-order valence-corrected chi connectivity index (χ3v) is 6.72. The van der Waals surface area contributed by atoms with Gasteiger partial charge in [-0.15, -0.1) is 0 Å². The van der Waals surface area contributed by atoms with Gasteiger partial charge in [0.2, 0.25) is 0 Å². The molecule has 4 N–H and O–H groups in total. The Morgan fingerprint density at radius 1 is 1.08 bits per heavy atom. The minimum atomic E-state index is -3.83. The molecular formula is C24H31N3O10S2. The number of carboxylic acids is 2. The van der Waals surface area contributed by atoms with Crippen LogP contribution in [0.3, 0.4) is 0 Å². The number of ketones is 1. The Bertz CT molecular complexity index is 1220. The van der Waals surface area contributed by atoms with Crippen LogP contribution in [0.25, 0.3) is 0 Å². The summed E-state index contributed by atoms with van der Waals surface area (Å²) in [5, 5.41) is 24.0. The highest BCUT2D eigenvalue weighted by molar-refractivity contribution is 8.14. The molecule has 0 saturated heterocycles. The van der Waals surface area contributed by atoms with Crippen molar-refractivity contribution in [3.05, 3.63) is 48.2 Å². The lowest BCUT2D eigenvalue weighted by molar-refractivity contribution is -0.152. The summed E-state index contributed by atoms with van der Waals surface area (Å²) in [4.78, 5) is 48.4. The van der Waals surface area contributed by atoms with Crippen molar-refractivity contribution in [3.8, 4) is 5.75 Å². The number of aliphatic carboxylic acids is 2. The van der Waals surface area contributed by atoms with Gasteiger partial charge in [-0.1, -0.05) is 11.8 Å². The van der Waals surface area contributed by atoms with Crippen LogP contribution in [0.4, 0.5) is 5.82 Å². The Balaban J connectivity index is 0.000000724. The molecule has 0 radical (unpaired) electrons. The number of aliphatic hydroxyl groups is 1. The van der Waals surface area contributed by atoms with Gasteiger partial charge in [-0.25, -0.2) is 18.2 Å². The first-order chi connectivity index (χ1) is 18.2. The summed E-state index contributed by atoms with van der Waals surface area (Å²) in [7, 11) is 0.144. The lowest BCUT2D eigenvalue weighted by Crippen LogP contribution is -2.22. The molecule has 2 aromatic rings. The van der Waals surface area contributed by atoms with Gasteiger partial charge in [0.1, 0.15) is 11.6 Å². The van der Waals surface area contributed by atoms with E-state index in [0.717, 1.165) is 24.7 Å². The lowest BCUT2D eigenvalue weighted by Gasteiger charge is -2.11. The van der Waals surface area contributed by atoms with E-state index < -0.39 is 34.5 Å². The maximum absolute atomic E-state index is 12.5. The number of pyridine rings is 1. The number of ether oxygens (including phenoxy) is 1. The van der Waals surface area contributed by atoms with Gasteiger partial charge in [-0.05, 0) is 56.9 Å². The molecule has 0 unspecified atom stereocenters. The Hall–Kier alpha value is -3.53. The number of carbonyl (C=O) groups excluding carboxylic acids is 2. The van der Waals surface area contributed by atoms with E-state index >= 15 is 0 Å². The van der Waals surface area contributed by atoms with E-state index in [4.69, 9.17) is 20.1 Å². The van der Waals surface area contributed by atoms with Gasteiger partial charge in [-0.3, -0.25) is 19.1 Å². The molecule has 15 heteroatoms. The van der Waals surface area contributed by atoms with Crippen molar-refractivity contribution in [1.82, 2.24) is 9.88 Å². The number of rotatable bonds is 14. The molecule has 0 spiro atoms. The first kappa shape index (κ1) is 33.5. The Morgan fingerprint density at radius 2 is 1.72 bits per heavy atom. The maximum atomic E-state index is 12.5. The molecule has 214 valence electrons. The van der Waals surface area contributed by atoms with E-state index in [-0.39, 0.29) is 27.4 Å². The predicted octanol–water partition coefficient (Wildman–Crippen LogP) is 1.58. The molecule has 13 nitrogen and oxygen atoms in total. The Kier molecular flexibility index (Phi) is 14.1. The fraction of sp³-hybridized carbons (Fsp3) is 0.375. The minimum absolute atomic E-state index is 0.0195. The van der Waals surface area contributed by atoms with Crippen molar-refractivity contribution < 1.29 is 47.7 Å². The van der Waals surface area contributed by atoms with E-state index in [1.165, 1.54) is 37.4 Å². The van der Waals surface area contributed by atoms with E-state index in [1.54, 1.807) is 12.1 Å². The summed E-state index contributed by atoms with van der Waals surface area (Å²) in [6, 6.07) is 9.00. The lowest BCUT2D eigenvalue weighted by atomic mass is 10.2. The van der Waals surface area contributed by atoms with Crippen LogP contribution in [-0.4, -0.2) is 95.6 Å². The summed E-state index contributed by atoms with van der Waals surface area (Å²) in [6.45, 7) is 2.84. The van der Waals surface area contributed by atoms with Gasteiger partial charge in [0.05, 0.1) is 23.7 Å².